The Bertz CT molecular complexity index is 2360. The smallest absolute Gasteiger partial charge is 0.454 e. The average Bonchev–Trinajstić information content (AvgIpc) is 3.44. The Morgan fingerprint density at radius 2 is 1.86 bits per heavy atom. The van der Waals surface area contributed by atoms with Gasteiger partial charge in [-0.2, -0.15) is 4.98 Å². The number of methoxy groups -OCH3 is 1. The summed E-state index contributed by atoms with van der Waals surface area (Å²) in [4.78, 5) is 48.9. The molecule has 2 aliphatic carbocycles. The average molecular weight is 857 g/mol. The Labute approximate surface area is 327 Å². The van der Waals surface area contributed by atoms with Gasteiger partial charge in [-0.1, -0.05) is 0 Å². The zero-order chi connectivity index (χ0) is 40.7. The van der Waals surface area contributed by atoms with E-state index in [1.165, 1.54) is 30.7 Å². The third kappa shape index (κ3) is 7.07. The van der Waals surface area contributed by atoms with E-state index in [4.69, 9.17) is 48.3 Å². The van der Waals surface area contributed by atoms with Crippen LogP contribution in [-0.2, 0) is 50.8 Å². The van der Waals surface area contributed by atoms with Gasteiger partial charge in [-0.25, -0.2) is 29.1 Å². The van der Waals surface area contributed by atoms with Gasteiger partial charge < -0.3 is 35.4 Å². The van der Waals surface area contributed by atoms with E-state index < -0.39 is 98.2 Å². The Balaban J connectivity index is 1.19. The number of nitrogen functional groups attached to an aromatic ring is 2. The van der Waals surface area contributed by atoms with E-state index in [2.05, 4.69) is 29.9 Å². The summed E-state index contributed by atoms with van der Waals surface area (Å²) in [6, 6.07) is -0.769. The lowest BCUT2D eigenvalue weighted by atomic mass is 9.98. The van der Waals surface area contributed by atoms with Crippen LogP contribution in [0.3, 0.4) is 0 Å². The number of H-pyrrole nitrogens is 1. The summed E-state index contributed by atoms with van der Waals surface area (Å²) in [5, 5.41) is 12.1. The standard InChI is InChI=1S/C31H42N10O13P2S/c1-6-49-55(45)51-9-31-7-14(31)18(40-11-36-16-23(32)34-10-35-24(16)40)19(42)22(31)54-56(46,57-13-48-28(44)30(2,3)4)50-8-15-20(47-5)21(53-55)27(52-15)41-12-37-17-25(41)38-29(33)39-26(17)43/h10-12,14-15,18-22,27,42H,6-9,13H2,1-5H3,(H2,32,34,35)(H3,33,38,39,43). The molecule has 4 fully saturated rings. The Kier molecular flexibility index (Phi) is 10.3. The van der Waals surface area contributed by atoms with E-state index in [0.717, 1.165) is 0 Å². The summed E-state index contributed by atoms with van der Waals surface area (Å²) in [5.74, 6) is -1.51. The number of aliphatic hydroxyl groups excluding tert-OH is 1. The second kappa shape index (κ2) is 14.6. The van der Waals surface area contributed by atoms with Gasteiger partial charge in [0.2, 0.25) is 5.95 Å². The molecule has 6 N–H and O–H groups in total. The number of phosphoric acid groups is 1. The number of ether oxygens (including phenoxy) is 3. The molecule has 0 aromatic carbocycles. The van der Waals surface area contributed by atoms with Gasteiger partial charge in [0.15, 0.2) is 28.9 Å². The van der Waals surface area contributed by atoms with Crippen molar-refractivity contribution in [3.8, 4) is 0 Å². The number of carbonyl (C=O) groups is 1. The first-order valence-electron chi connectivity index (χ1n) is 17.9. The summed E-state index contributed by atoms with van der Waals surface area (Å²) < 4.78 is 80.9. The number of rotatable bonds is 8. The normalized spacial score (nSPS) is 35.6. The number of nitrogens with two attached hydrogens (primary N) is 2. The third-order valence-corrected chi connectivity index (χ3v) is 15.3. The first kappa shape index (κ1) is 40.2. The molecule has 23 nitrogen and oxygen atoms in total. The molecule has 11 atom stereocenters. The molecule has 57 heavy (non-hydrogen) atoms. The van der Waals surface area contributed by atoms with E-state index in [1.807, 2.05) is 0 Å². The lowest BCUT2D eigenvalue weighted by Gasteiger charge is -2.32. The van der Waals surface area contributed by atoms with Gasteiger partial charge in [-0.3, -0.25) is 41.8 Å². The number of carbonyl (C=O) groups excluding carboxylic acids is 1. The molecule has 2 aliphatic heterocycles. The molecule has 4 aromatic rings. The number of aromatic nitrogens is 8. The number of anilines is 2. The van der Waals surface area contributed by atoms with Crippen LogP contribution >= 0.6 is 26.0 Å². The summed E-state index contributed by atoms with van der Waals surface area (Å²) in [6.07, 6.45) is -3.12. The van der Waals surface area contributed by atoms with Crippen molar-refractivity contribution < 1.29 is 55.9 Å². The van der Waals surface area contributed by atoms with Crippen molar-refractivity contribution in [3.63, 3.8) is 0 Å². The molecule has 1 spiro atoms. The van der Waals surface area contributed by atoms with Crippen LogP contribution in [0.25, 0.3) is 22.3 Å². The maximum Gasteiger partial charge on any atom is 0.475 e. The van der Waals surface area contributed by atoms with Crippen molar-refractivity contribution >= 4 is 66.1 Å². The SMILES string of the molecule is CCOP1(=O)OCC23CC2C(n2cnc4c(N)ncnc42)C(O)C3OP(=O)(SCOC(=O)C(C)(C)C)OCC2OC(n3cnc4c(=O)[nH]c(N)nc43)C(O1)C2OC. The number of aromatic amines is 1. The topological polar surface area (TPSA) is 304 Å². The van der Waals surface area contributed by atoms with E-state index in [0.29, 0.717) is 29.0 Å². The first-order valence-corrected chi connectivity index (χ1v) is 22.4. The highest BCUT2D eigenvalue weighted by Gasteiger charge is 2.74. The van der Waals surface area contributed by atoms with Crippen LogP contribution in [0.1, 0.15) is 46.4 Å². The fourth-order valence-electron chi connectivity index (χ4n) is 7.72. The predicted molar refractivity (Wildman–Crippen MR) is 199 cm³/mol. The molecule has 310 valence electrons. The summed E-state index contributed by atoms with van der Waals surface area (Å²) in [6.45, 7) is 1.20. The first-order chi connectivity index (χ1) is 27.0. The van der Waals surface area contributed by atoms with E-state index in [9.17, 15) is 23.8 Å². The molecule has 0 radical (unpaired) electrons. The number of nitrogens with one attached hydrogen (secondary N) is 1. The van der Waals surface area contributed by atoms with Gasteiger partial charge in [0.05, 0.1) is 43.9 Å². The number of aliphatic hydroxyl groups is 1. The molecular weight excluding hydrogens is 814 g/mol. The minimum Gasteiger partial charge on any atom is -0.454 e. The molecule has 2 saturated carbocycles. The Hall–Kier alpha value is -3.54. The number of nitrogens with zero attached hydrogens (tertiary/aromatic N) is 7. The predicted octanol–water partition coefficient (Wildman–Crippen LogP) is 2.31. The number of esters is 1. The number of hydrogen-bond donors (Lipinski definition) is 4. The lowest BCUT2D eigenvalue weighted by molar-refractivity contribution is -0.150. The van der Waals surface area contributed by atoms with Crippen molar-refractivity contribution in [2.75, 3.05) is 44.3 Å². The quantitative estimate of drug-likeness (QED) is 0.112. The molecular formula is C31H42N10O13P2S. The minimum atomic E-state index is -4.55. The van der Waals surface area contributed by atoms with Crippen molar-refractivity contribution in [1.29, 1.82) is 0 Å². The summed E-state index contributed by atoms with van der Waals surface area (Å²) in [7, 11) is -3.21. The fraction of sp³-hybridized carbons (Fsp3) is 0.645. The van der Waals surface area contributed by atoms with E-state index in [-0.39, 0.29) is 36.1 Å². The highest BCUT2D eigenvalue weighted by molar-refractivity contribution is 8.55. The second-order valence-electron chi connectivity index (χ2n) is 15.1. The van der Waals surface area contributed by atoms with Crippen LogP contribution in [0.2, 0.25) is 0 Å². The van der Waals surface area contributed by atoms with Gasteiger partial charge in [-0.05, 0) is 40.0 Å². The van der Waals surface area contributed by atoms with Gasteiger partial charge in [0, 0.05) is 23.9 Å². The second-order valence-corrected chi connectivity index (χ2v) is 20.6. The van der Waals surface area contributed by atoms with Crippen molar-refractivity contribution in [2.24, 2.45) is 16.7 Å². The van der Waals surface area contributed by atoms with Crippen LogP contribution in [-0.4, -0.2) is 114 Å². The van der Waals surface area contributed by atoms with Crippen LogP contribution < -0.4 is 17.0 Å². The zero-order valence-corrected chi connectivity index (χ0v) is 33.9. The number of hydrogen-bond acceptors (Lipinski definition) is 21. The van der Waals surface area contributed by atoms with Gasteiger partial charge in [-0.15, -0.1) is 0 Å². The monoisotopic (exact) mass is 856 g/mol. The summed E-state index contributed by atoms with van der Waals surface area (Å²) >= 11 is 0.593. The molecule has 26 heteroatoms. The molecule has 11 unspecified atom stereocenters. The molecule has 4 aliphatic rings. The van der Waals surface area contributed by atoms with Crippen LogP contribution in [0.4, 0.5) is 11.8 Å². The molecule has 8 rings (SSSR count). The van der Waals surface area contributed by atoms with E-state index >= 15 is 0 Å². The maximum atomic E-state index is 15.0. The van der Waals surface area contributed by atoms with Gasteiger partial charge in [0.25, 0.3) is 5.56 Å². The highest BCUT2D eigenvalue weighted by Crippen LogP contribution is 2.74. The summed E-state index contributed by atoms with van der Waals surface area (Å²) in [5.41, 5.74) is 9.90. The molecule has 2 saturated heterocycles. The zero-order valence-electron chi connectivity index (χ0n) is 31.3. The highest BCUT2D eigenvalue weighted by atomic mass is 32.7. The van der Waals surface area contributed by atoms with Crippen LogP contribution in [0.5, 0.6) is 0 Å². The largest absolute Gasteiger partial charge is 0.475 e. The third-order valence-electron chi connectivity index (χ3n) is 10.5. The molecule has 6 heterocycles. The van der Waals surface area contributed by atoms with Crippen molar-refractivity contribution in [1.82, 2.24) is 39.0 Å². The van der Waals surface area contributed by atoms with Gasteiger partial charge in [0.1, 0.15) is 48.3 Å². The number of phosphoric ester groups is 1. The van der Waals surface area contributed by atoms with Crippen LogP contribution in [0, 0.1) is 16.7 Å². The molecule has 0 amide bonds. The molecule has 2 bridgehead atoms. The van der Waals surface area contributed by atoms with Crippen LogP contribution in [0.15, 0.2) is 23.8 Å². The minimum absolute atomic E-state index is 0.0114. The Morgan fingerprint density at radius 3 is 2.60 bits per heavy atom. The Morgan fingerprint density at radius 1 is 1.11 bits per heavy atom. The number of fused-ring (bicyclic) bond motifs is 4. The van der Waals surface area contributed by atoms with Crippen molar-refractivity contribution in [3.05, 3.63) is 29.3 Å². The molecule has 4 aromatic heterocycles. The van der Waals surface area contributed by atoms with Crippen molar-refractivity contribution in [2.45, 2.75) is 76.9 Å². The van der Waals surface area contributed by atoms with E-state index in [1.54, 1.807) is 32.3 Å². The number of imidazole rings is 2. The maximum absolute atomic E-state index is 15.0. The lowest BCUT2D eigenvalue weighted by Crippen LogP contribution is -2.38. The fourth-order valence-corrected chi connectivity index (χ4v) is 12.0. The van der Waals surface area contributed by atoms with Gasteiger partial charge >= 0.3 is 20.6 Å².